The molecule has 2 rings (SSSR count). The van der Waals surface area contributed by atoms with Crippen LogP contribution >= 0.6 is 0 Å². The van der Waals surface area contributed by atoms with E-state index in [0.717, 1.165) is 10.5 Å². The Morgan fingerprint density at radius 2 is 1.67 bits per heavy atom. The van der Waals surface area contributed by atoms with Gasteiger partial charge in [-0.2, -0.15) is 5.26 Å². The lowest BCUT2D eigenvalue weighted by molar-refractivity contribution is -0.140. The molecule has 0 radical (unpaired) electrons. The molecule has 11 nitrogen and oxygen atoms in total. The average Bonchev–Trinajstić information content (AvgIpc) is 2.86. The molecule has 0 aromatic heterocycles. The van der Waals surface area contributed by atoms with Crippen molar-refractivity contribution in [3.63, 3.8) is 0 Å². The number of nitriles is 1. The van der Waals surface area contributed by atoms with Gasteiger partial charge >= 0.3 is 6.09 Å². The third kappa shape index (κ3) is 9.66. The fourth-order valence-corrected chi connectivity index (χ4v) is 3.67. The number of rotatable bonds is 11. The number of methoxy groups -OCH3 is 1. The first-order valence-electron chi connectivity index (χ1n) is 12.3. The minimum Gasteiger partial charge on any atom is -0.497 e. The number of hydrogen-bond acceptors (Lipinski definition) is 7. The highest BCUT2D eigenvalue weighted by Crippen LogP contribution is 2.26. The number of benzene rings is 2. The van der Waals surface area contributed by atoms with Crippen LogP contribution in [-0.4, -0.2) is 54.0 Å². The number of primary amides is 1. The molecule has 2 atom stereocenters. The zero-order chi connectivity index (χ0) is 29.2. The zero-order valence-corrected chi connectivity index (χ0v) is 22.8. The first-order chi connectivity index (χ1) is 18.3. The Labute approximate surface area is 228 Å². The molecule has 0 bridgehead atoms. The molecule has 0 aliphatic rings. The number of anilines is 1. The van der Waals surface area contributed by atoms with Crippen LogP contribution in [0.15, 0.2) is 48.5 Å². The third-order valence-corrected chi connectivity index (χ3v) is 5.50. The lowest BCUT2D eigenvalue weighted by Gasteiger charge is -2.33. The van der Waals surface area contributed by atoms with Gasteiger partial charge in [-0.15, -0.1) is 0 Å². The van der Waals surface area contributed by atoms with Crippen molar-refractivity contribution in [2.45, 2.75) is 58.2 Å². The van der Waals surface area contributed by atoms with Crippen molar-refractivity contribution in [3.05, 3.63) is 59.7 Å². The smallest absolute Gasteiger partial charge is 0.408 e. The molecule has 0 aliphatic heterocycles. The van der Waals surface area contributed by atoms with E-state index in [2.05, 4.69) is 10.6 Å². The number of aryl methyl sites for hydroxylation is 1. The summed E-state index contributed by atoms with van der Waals surface area (Å²) in [6, 6.07) is 12.9. The number of alkyl carbamates (subject to hydrolysis) is 1. The second-order valence-electron chi connectivity index (χ2n) is 9.86. The fraction of sp³-hybridized carbons (Fsp3) is 0.393. The van der Waals surface area contributed by atoms with Gasteiger partial charge in [-0.3, -0.25) is 14.4 Å². The molecule has 2 unspecified atom stereocenters. The number of ether oxygens (including phenoxy) is 2. The highest BCUT2D eigenvalue weighted by atomic mass is 16.6. The number of nitrogens with two attached hydrogens (primary N) is 1. The lowest BCUT2D eigenvalue weighted by atomic mass is 10.0. The van der Waals surface area contributed by atoms with E-state index in [1.165, 1.54) is 7.11 Å². The van der Waals surface area contributed by atoms with Crippen LogP contribution in [0, 0.1) is 18.3 Å². The van der Waals surface area contributed by atoms with Crippen molar-refractivity contribution in [2.75, 3.05) is 19.0 Å². The summed E-state index contributed by atoms with van der Waals surface area (Å²) < 4.78 is 10.4. The van der Waals surface area contributed by atoms with Crippen molar-refractivity contribution in [3.8, 4) is 11.8 Å². The maximum atomic E-state index is 13.8. The number of carbonyl (C=O) groups is 4. The Balaban J connectivity index is 2.48. The molecule has 39 heavy (non-hydrogen) atoms. The van der Waals surface area contributed by atoms with Crippen molar-refractivity contribution in [1.29, 1.82) is 5.26 Å². The van der Waals surface area contributed by atoms with E-state index in [1.807, 2.05) is 13.0 Å². The molecule has 0 fully saturated rings. The molecule has 0 spiro atoms. The Bertz CT molecular complexity index is 1200. The van der Waals surface area contributed by atoms with Crippen LogP contribution in [0.2, 0.25) is 0 Å². The summed E-state index contributed by atoms with van der Waals surface area (Å²) in [5.41, 5.74) is 6.26. The second kappa shape index (κ2) is 13.8. The van der Waals surface area contributed by atoms with Crippen LogP contribution in [0.4, 0.5) is 10.5 Å². The van der Waals surface area contributed by atoms with Crippen molar-refractivity contribution in [2.24, 2.45) is 5.73 Å². The normalized spacial score (nSPS) is 12.3. The average molecular weight is 538 g/mol. The van der Waals surface area contributed by atoms with Gasteiger partial charge in [-0.05, 0) is 63.9 Å². The quantitative estimate of drug-likeness (QED) is 0.370. The Morgan fingerprint density at radius 1 is 1.05 bits per heavy atom. The molecule has 2 aromatic carbocycles. The zero-order valence-electron chi connectivity index (χ0n) is 22.8. The standard InChI is InChI=1S/C28H35N5O6/c1-18-6-8-19(9-7-18)24(25(35)31-20-10-12-21(38-5)13-11-20)33(17-16-29)26(36)22(14-15-23(30)34)32-27(37)39-28(2,3)4/h6-13,22,24H,14-15,17H2,1-5H3,(H2,30,34)(H,31,35)(H,32,37). The van der Waals surface area contributed by atoms with Gasteiger partial charge in [0.25, 0.3) is 5.91 Å². The Hall–Kier alpha value is -4.59. The van der Waals surface area contributed by atoms with Crippen LogP contribution in [0.3, 0.4) is 0 Å². The largest absolute Gasteiger partial charge is 0.497 e. The van der Waals surface area contributed by atoms with E-state index in [1.54, 1.807) is 69.3 Å². The third-order valence-electron chi connectivity index (χ3n) is 5.50. The summed E-state index contributed by atoms with van der Waals surface area (Å²) in [5, 5.41) is 14.9. The van der Waals surface area contributed by atoms with E-state index in [4.69, 9.17) is 15.2 Å². The molecule has 208 valence electrons. The fourth-order valence-electron chi connectivity index (χ4n) is 3.67. The molecule has 0 aliphatic carbocycles. The molecule has 0 heterocycles. The van der Waals surface area contributed by atoms with E-state index in [0.29, 0.717) is 17.0 Å². The highest BCUT2D eigenvalue weighted by Gasteiger charge is 2.36. The summed E-state index contributed by atoms with van der Waals surface area (Å²) in [5.74, 6) is -1.43. The van der Waals surface area contributed by atoms with E-state index in [9.17, 15) is 24.4 Å². The Morgan fingerprint density at radius 3 is 2.18 bits per heavy atom. The van der Waals surface area contributed by atoms with Crippen molar-refractivity contribution >= 4 is 29.5 Å². The predicted molar refractivity (Wildman–Crippen MR) is 144 cm³/mol. The second-order valence-corrected chi connectivity index (χ2v) is 9.86. The molecule has 4 N–H and O–H groups in total. The molecular formula is C28H35N5O6. The molecule has 0 saturated heterocycles. The summed E-state index contributed by atoms with van der Waals surface area (Å²) in [7, 11) is 1.52. The van der Waals surface area contributed by atoms with E-state index >= 15 is 0 Å². The van der Waals surface area contributed by atoms with Gasteiger partial charge < -0.3 is 30.7 Å². The van der Waals surface area contributed by atoms with Crippen LogP contribution < -0.4 is 21.1 Å². The van der Waals surface area contributed by atoms with Gasteiger partial charge in [0.05, 0.1) is 13.2 Å². The van der Waals surface area contributed by atoms with Gasteiger partial charge in [0.2, 0.25) is 11.8 Å². The van der Waals surface area contributed by atoms with Gasteiger partial charge in [-0.25, -0.2) is 4.79 Å². The summed E-state index contributed by atoms with van der Waals surface area (Å²) >= 11 is 0. The molecule has 0 saturated carbocycles. The van der Waals surface area contributed by atoms with Crippen LogP contribution in [0.1, 0.15) is 50.8 Å². The van der Waals surface area contributed by atoms with Gasteiger partial charge in [0.15, 0.2) is 0 Å². The highest BCUT2D eigenvalue weighted by molar-refractivity contribution is 5.99. The number of nitrogens with zero attached hydrogens (tertiary/aromatic N) is 2. The van der Waals surface area contributed by atoms with Gasteiger partial charge in [-0.1, -0.05) is 29.8 Å². The maximum absolute atomic E-state index is 13.8. The van der Waals surface area contributed by atoms with Gasteiger partial charge in [0, 0.05) is 12.1 Å². The Kier molecular flexibility index (Phi) is 10.8. The first-order valence-corrected chi connectivity index (χ1v) is 12.3. The van der Waals surface area contributed by atoms with Crippen molar-refractivity contribution < 1.29 is 28.7 Å². The van der Waals surface area contributed by atoms with Crippen LogP contribution in [0.5, 0.6) is 5.75 Å². The molecule has 11 heteroatoms. The molecule has 4 amide bonds. The van der Waals surface area contributed by atoms with E-state index in [-0.39, 0.29) is 12.8 Å². The summed E-state index contributed by atoms with van der Waals surface area (Å²) in [6.07, 6.45) is -1.27. The van der Waals surface area contributed by atoms with Crippen LogP contribution in [-0.2, 0) is 19.1 Å². The SMILES string of the molecule is COc1ccc(NC(=O)C(c2ccc(C)cc2)N(CC#N)C(=O)C(CCC(N)=O)NC(=O)OC(C)(C)C)cc1. The predicted octanol–water partition coefficient (Wildman–Crippen LogP) is 3.19. The molecular weight excluding hydrogens is 502 g/mol. The first kappa shape index (κ1) is 30.6. The van der Waals surface area contributed by atoms with Gasteiger partial charge in [0.1, 0.15) is 30.0 Å². The summed E-state index contributed by atoms with van der Waals surface area (Å²) in [6.45, 7) is 6.37. The maximum Gasteiger partial charge on any atom is 0.408 e. The number of nitrogens with one attached hydrogen (secondary N) is 2. The topological polar surface area (TPSA) is 164 Å². The van der Waals surface area contributed by atoms with E-state index < -0.39 is 48.0 Å². The number of amides is 4. The number of hydrogen-bond donors (Lipinski definition) is 3. The number of carbonyl (C=O) groups excluding carboxylic acids is 4. The minimum atomic E-state index is -1.29. The monoisotopic (exact) mass is 537 g/mol. The van der Waals surface area contributed by atoms with Crippen molar-refractivity contribution in [1.82, 2.24) is 10.2 Å². The summed E-state index contributed by atoms with van der Waals surface area (Å²) in [4.78, 5) is 52.6. The lowest BCUT2D eigenvalue weighted by Crippen LogP contribution is -2.52. The minimum absolute atomic E-state index is 0.157. The van der Waals surface area contributed by atoms with Crippen LogP contribution in [0.25, 0.3) is 0 Å². The molecule has 2 aromatic rings.